The number of aromatic nitrogens is 2. The van der Waals surface area contributed by atoms with Gasteiger partial charge in [-0.3, -0.25) is 14.0 Å². The molecule has 0 bridgehead atoms. The van der Waals surface area contributed by atoms with Crippen molar-refractivity contribution in [2.45, 2.75) is 43.8 Å². The number of hydrogen-bond donors (Lipinski definition) is 2. The molecule has 1 fully saturated rings. The van der Waals surface area contributed by atoms with Crippen LogP contribution in [0.4, 0.5) is 0 Å². The van der Waals surface area contributed by atoms with Crippen LogP contribution in [-0.2, 0) is 4.79 Å². The van der Waals surface area contributed by atoms with Crippen molar-refractivity contribution >= 4 is 11.6 Å². The molecule has 3 heterocycles. The third-order valence-corrected chi connectivity index (χ3v) is 7.48. The number of aliphatic hydroxyl groups is 2. The van der Waals surface area contributed by atoms with Crippen LogP contribution in [-0.4, -0.2) is 49.1 Å². The number of carbonyl (C=O) groups is 1. The fraction of sp³-hybridized carbons (Fsp3) is 0.300. The maximum atomic E-state index is 13.4. The van der Waals surface area contributed by atoms with Gasteiger partial charge in [0.2, 0.25) is 5.91 Å². The standard InChI is InChI=1S/C30H31N3O4/c1-21(22-9-4-2-5-10-22)19-26(34)32-17-14-30(37,15-18-32)27(35)25-20-31-28-24(23-11-6-3-7-12-23)13-8-16-33(28)29(25)36/h2-13,16,20-21,27,35,37H,14-15,17-19H2,1H3/t21-,27?/m1/s1. The number of benzene rings is 2. The summed E-state index contributed by atoms with van der Waals surface area (Å²) in [6.45, 7) is 2.66. The van der Waals surface area contributed by atoms with Crippen LogP contribution in [0.1, 0.15) is 49.3 Å². The Morgan fingerprint density at radius 2 is 1.65 bits per heavy atom. The summed E-state index contributed by atoms with van der Waals surface area (Å²) in [7, 11) is 0. The van der Waals surface area contributed by atoms with E-state index in [4.69, 9.17) is 0 Å². The minimum Gasteiger partial charge on any atom is -0.387 e. The zero-order chi connectivity index (χ0) is 26.0. The smallest absolute Gasteiger partial charge is 0.263 e. The van der Waals surface area contributed by atoms with Gasteiger partial charge in [0.25, 0.3) is 5.56 Å². The molecule has 1 aliphatic heterocycles. The number of fused-ring (bicyclic) bond motifs is 1. The molecule has 1 saturated heterocycles. The predicted octanol–water partition coefficient (Wildman–Crippen LogP) is 3.94. The van der Waals surface area contributed by atoms with Gasteiger partial charge >= 0.3 is 0 Å². The first kappa shape index (κ1) is 24.9. The summed E-state index contributed by atoms with van der Waals surface area (Å²) >= 11 is 0. The Kier molecular flexibility index (Phi) is 6.91. The van der Waals surface area contributed by atoms with Crippen molar-refractivity contribution in [3.63, 3.8) is 0 Å². The van der Waals surface area contributed by atoms with Gasteiger partial charge in [0.1, 0.15) is 11.8 Å². The molecule has 1 unspecified atom stereocenters. The number of rotatable bonds is 6. The summed E-state index contributed by atoms with van der Waals surface area (Å²) in [5.74, 6) is 0.110. The lowest BCUT2D eigenvalue weighted by Gasteiger charge is -2.41. The molecular weight excluding hydrogens is 466 g/mol. The van der Waals surface area contributed by atoms with Crippen molar-refractivity contribution in [2.75, 3.05) is 13.1 Å². The summed E-state index contributed by atoms with van der Waals surface area (Å²) in [6, 6.07) is 23.2. The number of piperidine rings is 1. The van der Waals surface area contributed by atoms with Gasteiger partial charge in [-0.1, -0.05) is 67.6 Å². The zero-order valence-electron chi connectivity index (χ0n) is 20.8. The van der Waals surface area contributed by atoms with E-state index in [1.54, 1.807) is 17.2 Å². The monoisotopic (exact) mass is 497 g/mol. The summed E-state index contributed by atoms with van der Waals surface area (Å²) < 4.78 is 1.41. The predicted molar refractivity (Wildman–Crippen MR) is 142 cm³/mol. The maximum absolute atomic E-state index is 13.4. The maximum Gasteiger partial charge on any atom is 0.263 e. The van der Waals surface area contributed by atoms with E-state index in [1.165, 1.54) is 10.6 Å². The Morgan fingerprint density at radius 3 is 2.32 bits per heavy atom. The average Bonchev–Trinajstić information content (AvgIpc) is 2.94. The third kappa shape index (κ3) is 4.92. The van der Waals surface area contributed by atoms with Crippen LogP contribution < -0.4 is 5.56 Å². The first-order valence-electron chi connectivity index (χ1n) is 12.7. The summed E-state index contributed by atoms with van der Waals surface area (Å²) in [5.41, 5.74) is 1.43. The molecule has 37 heavy (non-hydrogen) atoms. The molecule has 0 radical (unpaired) electrons. The molecule has 1 amide bonds. The molecule has 2 N–H and O–H groups in total. The van der Waals surface area contributed by atoms with E-state index in [1.807, 2.05) is 73.7 Å². The number of nitrogens with zero attached hydrogens (tertiary/aromatic N) is 3. The molecule has 2 aromatic carbocycles. The lowest BCUT2D eigenvalue weighted by molar-refractivity contribution is -0.143. The van der Waals surface area contributed by atoms with Gasteiger partial charge < -0.3 is 15.1 Å². The van der Waals surface area contributed by atoms with Crippen molar-refractivity contribution < 1.29 is 15.0 Å². The van der Waals surface area contributed by atoms with Gasteiger partial charge in [0.05, 0.1) is 11.2 Å². The molecule has 4 aromatic rings. The van der Waals surface area contributed by atoms with Crippen molar-refractivity contribution in [1.29, 1.82) is 0 Å². The molecule has 7 heteroatoms. The highest BCUT2D eigenvalue weighted by atomic mass is 16.3. The zero-order valence-corrected chi connectivity index (χ0v) is 20.8. The normalized spacial score (nSPS) is 16.9. The van der Waals surface area contributed by atoms with E-state index < -0.39 is 17.3 Å². The molecule has 0 spiro atoms. The molecule has 2 aromatic heterocycles. The topological polar surface area (TPSA) is 95.1 Å². The van der Waals surface area contributed by atoms with Crippen LogP contribution in [0, 0.1) is 0 Å². The average molecular weight is 498 g/mol. The largest absolute Gasteiger partial charge is 0.387 e. The van der Waals surface area contributed by atoms with Crippen LogP contribution in [0.3, 0.4) is 0 Å². The fourth-order valence-corrected chi connectivity index (χ4v) is 5.15. The molecule has 7 nitrogen and oxygen atoms in total. The number of likely N-dealkylation sites (tertiary alicyclic amines) is 1. The summed E-state index contributed by atoms with van der Waals surface area (Å²) in [6.07, 6.45) is 2.30. The van der Waals surface area contributed by atoms with Crippen molar-refractivity contribution in [1.82, 2.24) is 14.3 Å². The van der Waals surface area contributed by atoms with Crippen molar-refractivity contribution in [2.24, 2.45) is 0 Å². The minimum absolute atomic E-state index is 0.0220. The molecule has 190 valence electrons. The fourth-order valence-electron chi connectivity index (χ4n) is 5.15. The van der Waals surface area contributed by atoms with Gasteiger partial charge in [-0.25, -0.2) is 4.98 Å². The lowest BCUT2D eigenvalue weighted by atomic mass is 9.83. The van der Waals surface area contributed by atoms with Gasteiger partial charge in [0.15, 0.2) is 0 Å². The minimum atomic E-state index is -1.52. The molecule has 1 aliphatic rings. The number of aliphatic hydroxyl groups excluding tert-OH is 1. The Hall–Kier alpha value is -3.81. The van der Waals surface area contributed by atoms with Gasteiger partial charge in [-0.2, -0.15) is 0 Å². The highest BCUT2D eigenvalue weighted by molar-refractivity contribution is 5.78. The molecular formula is C30H31N3O4. The molecule has 0 saturated carbocycles. The highest BCUT2D eigenvalue weighted by Gasteiger charge is 2.42. The second kappa shape index (κ2) is 10.3. The van der Waals surface area contributed by atoms with Gasteiger partial charge in [-0.15, -0.1) is 0 Å². The highest BCUT2D eigenvalue weighted by Crippen LogP contribution is 2.35. The lowest BCUT2D eigenvalue weighted by Crippen LogP contribution is -2.50. The Bertz CT molecular complexity index is 1440. The van der Waals surface area contributed by atoms with E-state index in [2.05, 4.69) is 4.98 Å². The molecule has 2 atom stereocenters. The number of pyridine rings is 1. The Labute approximate surface area is 215 Å². The van der Waals surface area contributed by atoms with E-state index in [0.717, 1.165) is 16.7 Å². The Morgan fingerprint density at radius 1 is 1.00 bits per heavy atom. The van der Waals surface area contributed by atoms with E-state index in [0.29, 0.717) is 25.2 Å². The first-order chi connectivity index (χ1) is 17.9. The second-order valence-corrected chi connectivity index (χ2v) is 9.90. The van der Waals surface area contributed by atoms with Crippen LogP contribution >= 0.6 is 0 Å². The number of amides is 1. The van der Waals surface area contributed by atoms with Gasteiger partial charge in [0, 0.05) is 37.5 Å². The summed E-state index contributed by atoms with van der Waals surface area (Å²) in [5, 5.41) is 22.5. The van der Waals surface area contributed by atoms with E-state index >= 15 is 0 Å². The van der Waals surface area contributed by atoms with E-state index in [-0.39, 0.29) is 30.2 Å². The van der Waals surface area contributed by atoms with Crippen LogP contribution in [0.5, 0.6) is 0 Å². The molecule has 0 aliphatic carbocycles. The Balaban J connectivity index is 1.31. The number of hydrogen-bond acceptors (Lipinski definition) is 5. The summed E-state index contributed by atoms with van der Waals surface area (Å²) in [4.78, 5) is 32.5. The third-order valence-electron chi connectivity index (χ3n) is 7.48. The SMILES string of the molecule is C[C@H](CC(=O)N1CCC(O)(C(O)c2cnc3c(-c4ccccc4)cccn3c2=O)CC1)c1ccccc1. The molecule has 5 rings (SSSR count). The second-order valence-electron chi connectivity index (χ2n) is 9.90. The van der Waals surface area contributed by atoms with Crippen molar-refractivity contribution in [3.8, 4) is 11.1 Å². The van der Waals surface area contributed by atoms with Crippen molar-refractivity contribution in [3.05, 3.63) is 107 Å². The number of carbonyl (C=O) groups excluding carboxylic acids is 1. The quantitative estimate of drug-likeness (QED) is 0.421. The first-order valence-corrected chi connectivity index (χ1v) is 12.7. The van der Waals surface area contributed by atoms with Gasteiger partial charge in [-0.05, 0) is 42.0 Å². The van der Waals surface area contributed by atoms with Crippen LogP contribution in [0.15, 0.2) is 90.0 Å². The van der Waals surface area contributed by atoms with Crippen LogP contribution in [0.25, 0.3) is 16.8 Å². The van der Waals surface area contributed by atoms with Crippen LogP contribution in [0.2, 0.25) is 0 Å². The van der Waals surface area contributed by atoms with E-state index in [9.17, 15) is 19.8 Å².